The summed E-state index contributed by atoms with van der Waals surface area (Å²) < 4.78 is 11.2. The third kappa shape index (κ3) is 3.72. The Hall–Kier alpha value is -1.07. The lowest BCUT2D eigenvalue weighted by molar-refractivity contribution is -0.0549. The highest BCUT2D eigenvalue weighted by atomic mass is 16.6. The number of ether oxygens (including phenoxy) is 2. The first-order chi connectivity index (χ1) is 10.9. The van der Waals surface area contributed by atoms with E-state index in [2.05, 4.69) is 22.8 Å². The molecule has 6 unspecified atom stereocenters. The Labute approximate surface area is 139 Å². The van der Waals surface area contributed by atoms with Crippen molar-refractivity contribution in [3.05, 3.63) is 12.2 Å². The summed E-state index contributed by atoms with van der Waals surface area (Å²) in [6.07, 6.45) is 7.79. The van der Waals surface area contributed by atoms with Gasteiger partial charge < -0.3 is 20.1 Å². The Morgan fingerprint density at radius 3 is 2.70 bits per heavy atom. The van der Waals surface area contributed by atoms with Crippen LogP contribution >= 0.6 is 0 Å². The number of nitrogens with one attached hydrogen (secondary N) is 2. The van der Waals surface area contributed by atoms with Gasteiger partial charge in [0.25, 0.3) is 0 Å². The number of alkyl carbamates (subject to hydrolysis) is 1. The van der Waals surface area contributed by atoms with Gasteiger partial charge in [-0.3, -0.25) is 0 Å². The molecule has 130 valence electrons. The van der Waals surface area contributed by atoms with Gasteiger partial charge in [0, 0.05) is 12.6 Å². The zero-order chi connectivity index (χ0) is 16.6. The van der Waals surface area contributed by atoms with Crippen molar-refractivity contribution in [2.24, 2.45) is 11.8 Å². The van der Waals surface area contributed by atoms with Gasteiger partial charge in [-0.15, -0.1) is 0 Å². The van der Waals surface area contributed by atoms with Crippen LogP contribution in [0.3, 0.4) is 0 Å². The van der Waals surface area contributed by atoms with Crippen LogP contribution in [0.4, 0.5) is 4.79 Å². The Kier molecular flexibility index (Phi) is 4.70. The molecule has 3 rings (SSSR count). The Balaban J connectivity index is 1.53. The number of carbonyl (C=O) groups excluding carboxylic acids is 1. The van der Waals surface area contributed by atoms with Crippen LogP contribution < -0.4 is 10.6 Å². The standard InChI is InChI=1S/C18H30N2O3/c1-5-22-15-10-14(20-17(21)23-18(2,3)4)16(15)19-13-9-11-7-6-8-12(11)13/h6,8,11-16,19H,5,7,9-10H2,1-4H3,(H,20,21). The van der Waals surface area contributed by atoms with Crippen LogP contribution in [0, 0.1) is 11.8 Å². The maximum atomic E-state index is 12.0. The minimum absolute atomic E-state index is 0.0887. The molecule has 0 aliphatic heterocycles. The second-order valence-electron chi connectivity index (χ2n) is 8.02. The van der Waals surface area contributed by atoms with Crippen molar-refractivity contribution >= 4 is 6.09 Å². The van der Waals surface area contributed by atoms with Crippen molar-refractivity contribution in [3.63, 3.8) is 0 Å². The van der Waals surface area contributed by atoms with Gasteiger partial charge in [-0.1, -0.05) is 12.2 Å². The first kappa shape index (κ1) is 16.8. The van der Waals surface area contributed by atoms with E-state index in [9.17, 15) is 4.79 Å². The topological polar surface area (TPSA) is 59.6 Å². The first-order valence-electron chi connectivity index (χ1n) is 8.91. The monoisotopic (exact) mass is 322 g/mol. The van der Waals surface area contributed by atoms with Crippen molar-refractivity contribution in [2.75, 3.05) is 6.61 Å². The van der Waals surface area contributed by atoms with Crippen molar-refractivity contribution in [2.45, 2.75) is 76.8 Å². The van der Waals surface area contributed by atoms with E-state index in [1.165, 1.54) is 12.8 Å². The van der Waals surface area contributed by atoms with Gasteiger partial charge in [-0.25, -0.2) is 4.79 Å². The number of fused-ring (bicyclic) bond motifs is 1. The number of amides is 1. The zero-order valence-corrected chi connectivity index (χ0v) is 14.7. The highest BCUT2D eigenvalue weighted by molar-refractivity contribution is 5.68. The molecule has 5 heteroatoms. The SMILES string of the molecule is CCOC1CC(NC(=O)OC(C)(C)C)C1NC1CC2CC=CC21. The molecule has 2 N–H and O–H groups in total. The minimum Gasteiger partial charge on any atom is -0.444 e. The Morgan fingerprint density at radius 1 is 1.26 bits per heavy atom. The van der Waals surface area contributed by atoms with Gasteiger partial charge in [0.2, 0.25) is 0 Å². The number of hydrogen-bond acceptors (Lipinski definition) is 4. The molecule has 2 fully saturated rings. The minimum atomic E-state index is -0.466. The van der Waals surface area contributed by atoms with Crippen molar-refractivity contribution in [1.82, 2.24) is 10.6 Å². The fourth-order valence-electron chi connectivity index (χ4n) is 3.98. The van der Waals surface area contributed by atoms with Crippen LogP contribution in [0.2, 0.25) is 0 Å². The van der Waals surface area contributed by atoms with E-state index in [-0.39, 0.29) is 24.3 Å². The van der Waals surface area contributed by atoms with Crippen LogP contribution in [0.5, 0.6) is 0 Å². The molecule has 0 aromatic rings. The zero-order valence-electron chi connectivity index (χ0n) is 14.7. The molecular weight excluding hydrogens is 292 g/mol. The lowest BCUT2D eigenvalue weighted by Gasteiger charge is -2.50. The molecule has 5 nitrogen and oxygen atoms in total. The Morgan fingerprint density at radius 2 is 2.04 bits per heavy atom. The highest BCUT2D eigenvalue weighted by Crippen LogP contribution is 2.43. The summed E-state index contributed by atoms with van der Waals surface area (Å²) in [7, 11) is 0. The molecule has 0 bridgehead atoms. The van der Waals surface area contributed by atoms with Gasteiger partial charge in [0.05, 0.1) is 18.2 Å². The normalized spacial score (nSPS) is 38.4. The second kappa shape index (κ2) is 6.44. The molecule has 3 aliphatic rings. The number of rotatable bonds is 5. The largest absolute Gasteiger partial charge is 0.444 e. The molecule has 0 heterocycles. The molecule has 0 aromatic carbocycles. The molecule has 2 saturated carbocycles. The van der Waals surface area contributed by atoms with E-state index in [1.54, 1.807) is 0 Å². The third-order valence-corrected chi connectivity index (χ3v) is 5.17. The summed E-state index contributed by atoms with van der Waals surface area (Å²) in [5, 5.41) is 6.73. The molecule has 23 heavy (non-hydrogen) atoms. The van der Waals surface area contributed by atoms with Crippen LogP contribution in [0.15, 0.2) is 12.2 Å². The lowest BCUT2D eigenvalue weighted by Crippen LogP contribution is -2.69. The van der Waals surface area contributed by atoms with Crippen LogP contribution in [-0.2, 0) is 9.47 Å². The average Bonchev–Trinajstić information content (AvgIpc) is 2.77. The summed E-state index contributed by atoms with van der Waals surface area (Å²) >= 11 is 0. The molecule has 0 saturated heterocycles. The molecule has 1 amide bonds. The van der Waals surface area contributed by atoms with Crippen molar-refractivity contribution in [3.8, 4) is 0 Å². The van der Waals surface area contributed by atoms with E-state index >= 15 is 0 Å². The lowest BCUT2D eigenvalue weighted by atomic mass is 9.69. The predicted molar refractivity (Wildman–Crippen MR) is 89.3 cm³/mol. The van der Waals surface area contributed by atoms with E-state index < -0.39 is 5.60 Å². The summed E-state index contributed by atoms with van der Waals surface area (Å²) in [4.78, 5) is 12.0. The molecule has 6 atom stereocenters. The summed E-state index contributed by atoms with van der Waals surface area (Å²) in [6.45, 7) is 8.37. The maximum Gasteiger partial charge on any atom is 0.407 e. The van der Waals surface area contributed by atoms with E-state index in [1.807, 2.05) is 27.7 Å². The van der Waals surface area contributed by atoms with Gasteiger partial charge in [0.1, 0.15) is 5.60 Å². The van der Waals surface area contributed by atoms with Gasteiger partial charge in [-0.2, -0.15) is 0 Å². The van der Waals surface area contributed by atoms with E-state index in [0.717, 1.165) is 12.3 Å². The van der Waals surface area contributed by atoms with Crippen LogP contribution in [-0.4, -0.2) is 42.5 Å². The smallest absolute Gasteiger partial charge is 0.407 e. The van der Waals surface area contributed by atoms with E-state index in [0.29, 0.717) is 18.6 Å². The molecule has 0 spiro atoms. The maximum absolute atomic E-state index is 12.0. The second-order valence-corrected chi connectivity index (χ2v) is 8.02. The van der Waals surface area contributed by atoms with Crippen molar-refractivity contribution < 1.29 is 14.3 Å². The van der Waals surface area contributed by atoms with Gasteiger partial charge in [-0.05, 0) is 58.8 Å². The fourth-order valence-corrected chi connectivity index (χ4v) is 3.98. The highest BCUT2D eigenvalue weighted by Gasteiger charge is 2.48. The number of hydrogen-bond donors (Lipinski definition) is 2. The molecule has 0 aromatic heterocycles. The predicted octanol–water partition coefficient (Wildman–Crippen LogP) is 2.61. The third-order valence-electron chi connectivity index (χ3n) is 5.17. The van der Waals surface area contributed by atoms with Crippen molar-refractivity contribution in [1.29, 1.82) is 0 Å². The molecule has 0 radical (unpaired) electrons. The Bertz CT molecular complexity index is 471. The average molecular weight is 322 g/mol. The number of carbonyl (C=O) groups is 1. The molecular formula is C18H30N2O3. The van der Waals surface area contributed by atoms with Crippen LogP contribution in [0.1, 0.15) is 47.0 Å². The summed E-state index contributed by atoms with van der Waals surface area (Å²) in [5.41, 5.74) is -0.466. The number of allylic oxidation sites excluding steroid dienone is 1. The quantitative estimate of drug-likeness (QED) is 0.764. The van der Waals surface area contributed by atoms with E-state index in [4.69, 9.17) is 9.47 Å². The molecule has 3 aliphatic carbocycles. The summed E-state index contributed by atoms with van der Waals surface area (Å²) in [6, 6.07) is 0.795. The first-order valence-corrected chi connectivity index (χ1v) is 8.91. The van der Waals surface area contributed by atoms with Crippen LogP contribution in [0.25, 0.3) is 0 Å². The van der Waals surface area contributed by atoms with Gasteiger partial charge >= 0.3 is 6.09 Å². The summed E-state index contributed by atoms with van der Waals surface area (Å²) in [5.74, 6) is 1.50. The fraction of sp³-hybridized carbons (Fsp3) is 0.833. The van der Waals surface area contributed by atoms with Gasteiger partial charge in [0.15, 0.2) is 0 Å².